The van der Waals surface area contributed by atoms with Crippen molar-refractivity contribution in [1.82, 2.24) is 14.8 Å². The van der Waals surface area contributed by atoms with Crippen molar-refractivity contribution in [2.45, 2.75) is 11.7 Å². The lowest BCUT2D eigenvalue weighted by molar-refractivity contribution is -0.384. The highest BCUT2D eigenvalue weighted by Crippen LogP contribution is 2.31. The number of carbonyl (C=O) groups is 1. The second kappa shape index (κ2) is 10.1. The molecule has 160 valence electrons. The number of non-ortho nitro benzene ring substituents is 1. The van der Waals surface area contributed by atoms with Gasteiger partial charge in [0.1, 0.15) is 5.75 Å². The molecular weight excluding hydrogens is 442 g/mol. The van der Waals surface area contributed by atoms with Gasteiger partial charge in [-0.2, -0.15) is 0 Å². The number of nitro groups is 1. The number of hydrogen-bond donors (Lipinski definition) is 1. The Balaban J connectivity index is 1.77. The van der Waals surface area contributed by atoms with Crippen molar-refractivity contribution in [2.24, 2.45) is 0 Å². The van der Waals surface area contributed by atoms with Crippen LogP contribution < -0.4 is 10.1 Å². The molecule has 0 bridgehead atoms. The van der Waals surface area contributed by atoms with Gasteiger partial charge in [0, 0.05) is 18.7 Å². The molecule has 0 saturated heterocycles. The molecule has 0 atom stereocenters. The minimum Gasteiger partial charge on any atom is -0.496 e. The number of anilines is 1. The van der Waals surface area contributed by atoms with Gasteiger partial charge in [0.25, 0.3) is 5.69 Å². The van der Waals surface area contributed by atoms with Crippen LogP contribution in [0.15, 0.2) is 60.3 Å². The fourth-order valence-corrected chi connectivity index (χ4v) is 3.67. The Morgan fingerprint density at radius 3 is 2.84 bits per heavy atom. The summed E-state index contributed by atoms with van der Waals surface area (Å²) in [4.78, 5) is 22.8. The van der Waals surface area contributed by atoms with Gasteiger partial charge in [0.05, 0.1) is 34.1 Å². The molecule has 3 rings (SSSR count). The molecule has 0 aliphatic carbocycles. The fraction of sp³-hybridized carbons (Fsp3) is 0.150. The predicted molar refractivity (Wildman–Crippen MR) is 120 cm³/mol. The topological polar surface area (TPSA) is 112 Å². The molecular formula is C20H18ClN5O4S. The number of allylic oxidation sites excluding steroid dienone is 1. The number of para-hydroxylation sites is 1. The zero-order chi connectivity index (χ0) is 22.4. The van der Waals surface area contributed by atoms with Crippen LogP contribution >= 0.6 is 23.4 Å². The van der Waals surface area contributed by atoms with Crippen LogP contribution in [0.5, 0.6) is 5.75 Å². The maximum atomic E-state index is 12.4. The van der Waals surface area contributed by atoms with Crippen LogP contribution in [0.25, 0.3) is 11.4 Å². The van der Waals surface area contributed by atoms with Crippen LogP contribution in [-0.2, 0) is 11.3 Å². The normalized spacial score (nSPS) is 10.5. The monoisotopic (exact) mass is 459 g/mol. The van der Waals surface area contributed by atoms with E-state index >= 15 is 0 Å². The molecule has 0 radical (unpaired) electrons. The summed E-state index contributed by atoms with van der Waals surface area (Å²) in [6, 6.07) is 11.3. The lowest BCUT2D eigenvalue weighted by Crippen LogP contribution is -2.15. The van der Waals surface area contributed by atoms with Gasteiger partial charge in [-0.1, -0.05) is 41.6 Å². The quantitative estimate of drug-likeness (QED) is 0.218. The Morgan fingerprint density at radius 2 is 2.13 bits per heavy atom. The van der Waals surface area contributed by atoms with E-state index in [1.54, 1.807) is 13.2 Å². The number of nitro benzene ring substituents is 1. The van der Waals surface area contributed by atoms with E-state index < -0.39 is 4.92 Å². The van der Waals surface area contributed by atoms with Crippen LogP contribution in [-0.4, -0.2) is 38.5 Å². The number of carbonyl (C=O) groups excluding carboxylic acids is 1. The fourth-order valence-electron chi connectivity index (χ4n) is 2.76. The first kappa shape index (κ1) is 22.3. The largest absolute Gasteiger partial charge is 0.496 e. The van der Waals surface area contributed by atoms with Gasteiger partial charge in [0.15, 0.2) is 11.0 Å². The van der Waals surface area contributed by atoms with Crippen molar-refractivity contribution >= 4 is 40.6 Å². The second-order valence-corrected chi connectivity index (χ2v) is 7.51. The van der Waals surface area contributed by atoms with Crippen molar-refractivity contribution in [2.75, 3.05) is 18.2 Å². The van der Waals surface area contributed by atoms with Gasteiger partial charge in [-0.25, -0.2) is 0 Å². The van der Waals surface area contributed by atoms with Crippen LogP contribution in [0.1, 0.15) is 0 Å². The summed E-state index contributed by atoms with van der Waals surface area (Å²) in [5.74, 6) is 0.844. The van der Waals surface area contributed by atoms with E-state index in [0.29, 0.717) is 23.3 Å². The van der Waals surface area contributed by atoms with Crippen molar-refractivity contribution < 1.29 is 14.5 Å². The van der Waals surface area contributed by atoms with Gasteiger partial charge >= 0.3 is 0 Å². The highest BCUT2D eigenvalue weighted by molar-refractivity contribution is 7.99. The third-order valence-corrected chi connectivity index (χ3v) is 5.44. The molecule has 0 saturated carbocycles. The molecule has 0 unspecified atom stereocenters. The first-order valence-corrected chi connectivity index (χ1v) is 10.3. The molecule has 0 fully saturated rings. The molecule has 2 aromatic carbocycles. The van der Waals surface area contributed by atoms with E-state index in [1.807, 2.05) is 28.8 Å². The van der Waals surface area contributed by atoms with E-state index in [-0.39, 0.29) is 28.1 Å². The smallest absolute Gasteiger partial charge is 0.271 e. The summed E-state index contributed by atoms with van der Waals surface area (Å²) in [6.45, 7) is 4.20. The molecule has 1 amide bonds. The lowest BCUT2D eigenvalue weighted by Gasteiger charge is -2.11. The van der Waals surface area contributed by atoms with Gasteiger partial charge in [0.2, 0.25) is 5.91 Å². The summed E-state index contributed by atoms with van der Waals surface area (Å²) >= 11 is 7.21. The zero-order valence-electron chi connectivity index (χ0n) is 16.4. The summed E-state index contributed by atoms with van der Waals surface area (Å²) in [7, 11) is 1.58. The van der Waals surface area contributed by atoms with Gasteiger partial charge in [-0.3, -0.25) is 19.5 Å². The maximum Gasteiger partial charge on any atom is 0.271 e. The van der Waals surface area contributed by atoms with Gasteiger partial charge in [-0.05, 0) is 18.2 Å². The highest BCUT2D eigenvalue weighted by atomic mass is 35.5. The molecule has 1 heterocycles. The molecule has 11 heteroatoms. The Morgan fingerprint density at radius 1 is 1.35 bits per heavy atom. The van der Waals surface area contributed by atoms with E-state index in [0.717, 1.165) is 5.56 Å². The molecule has 3 aromatic rings. The molecule has 31 heavy (non-hydrogen) atoms. The summed E-state index contributed by atoms with van der Waals surface area (Å²) in [5.41, 5.74) is 0.766. The first-order chi connectivity index (χ1) is 14.9. The van der Waals surface area contributed by atoms with Crippen LogP contribution in [0.3, 0.4) is 0 Å². The number of benzene rings is 2. The third kappa shape index (κ3) is 5.22. The number of rotatable bonds is 9. The number of nitrogens with zero attached hydrogens (tertiary/aromatic N) is 4. The number of aromatic nitrogens is 3. The van der Waals surface area contributed by atoms with Crippen molar-refractivity contribution in [3.8, 4) is 17.1 Å². The average molecular weight is 460 g/mol. The van der Waals surface area contributed by atoms with E-state index in [2.05, 4.69) is 22.1 Å². The number of hydrogen-bond acceptors (Lipinski definition) is 7. The predicted octanol–water partition coefficient (Wildman–Crippen LogP) is 4.43. The minimum absolute atomic E-state index is 0.000220. The number of halogens is 1. The van der Waals surface area contributed by atoms with E-state index in [9.17, 15) is 14.9 Å². The summed E-state index contributed by atoms with van der Waals surface area (Å²) < 4.78 is 7.23. The standard InChI is InChI=1S/C20H18ClN5O4S/c1-3-10-25-19(14-6-4-5-7-17(14)30-2)23-24-20(25)31-12-18(27)22-16-11-13(26(28)29)8-9-15(16)21/h3-9,11H,1,10,12H2,2H3,(H,22,27). The minimum atomic E-state index is -0.558. The van der Waals surface area contributed by atoms with Crippen molar-refractivity contribution in [3.05, 3.63) is 70.3 Å². The number of nitrogens with one attached hydrogen (secondary N) is 1. The van der Waals surface area contributed by atoms with Gasteiger partial charge in [-0.15, -0.1) is 16.8 Å². The van der Waals surface area contributed by atoms with Crippen LogP contribution in [0, 0.1) is 10.1 Å². The van der Waals surface area contributed by atoms with Crippen LogP contribution in [0.4, 0.5) is 11.4 Å². The molecule has 9 nitrogen and oxygen atoms in total. The van der Waals surface area contributed by atoms with Crippen molar-refractivity contribution in [3.63, 3.8) is 0 Å². The van der Waals surface area contributed by atoms with Crippen LogP contribution in [0.2, 0.25) is 5.02 Å². The number of ether oxygens (including phenoxy) is 1. The molecule has 1 N–H and O–H groups in total. The average Bonchev–Trinajstić information content (AvgIpc) is 3.16. The summed E-state index contributed by atoms with van der Waals surface area (Å²) in [6.07, 6.45) is 1.70. The third-order valence-electron chi connectivity index (χ3n) is 4.14. The lowest BCUT2D eigenvalue weighted by atomic mass is 10.2. The molecule has 0 aliphatic heterocycles. The highest BCUT2D eigenvalue weighted by Gasteiger charge is 2.18. The zero-order valence-corrected chi connectivity index (χ0v) is 18.0. The van der Waals surface area contributed by atoms with Crippen molar-refractivity contribution in [1.29, 1.82) is 0 Å². The molecule has 1 aromatic heterocycles. The summed E-state index contributed by atoms with van der Waals surface area (Å²) in [5, 5.41) is 22.7. The number of amides is 1. The molecule has 0 spiro atoms. The van der Waals surface area contributed by atoms with Gasteiger partial charge < -0.3 is 10.1 Å². The second-order valence-electron chi connectivity index (χ2n) is 6.16. The Labute approximate surface area is 187 Å². The van der Waals surface area contributed by atoms with E-state index in [1.165, 1.54) is 30.0 Å². The number of thioether (sulfide) groups is 1. The Hall–Kier alpha value is -3.37. The van der Waals surface area contributed by atoms with E-state index in [4.69, 9.17) is 16.3 Å². The Bertz CT molecular complexity index is 1130. The Kier molecular flexibility index (Phi) is 7.27. The SMILES string of the molecule is C=CCn1c(SCC(=O)Nc2cc([N+](=O)[O-])ccc2Cl)nnc1-c1ccccc1OC. The number of methoxy groups -OCH3 is 1. The first-order valence-electron chi connectivity index (χ1n) is 8.98. The maximum absolute atomic E-state index is 12.4. The molecule has 0 aliphatic rings.